The Bertz CT molecular complexity index is 410. The Hall–Kier alpha value is -1.60. The molecule has 1 N–H and O–H groups in total. The fraction of sp³-hybridized carbons (Fsp3) is 0.222. The van der Waals surface area contributed by atoms with Crippen LogP contribution in [0.15, 0.2) is 29.2 Å². The number of carbonyl (C=O) groups excluding carboxylic acids is 1. The van der Waals surface area contributed by atoms with Crippen LogP contribution in [0.3, 0.4) is 0 Å². The average molecular weight is 241 g/mol. The van der Waals surface area contributed by atoms with Crippen molar-refractivity contribution in [1.29, 1.82) is 0 Å². The lowest BCUT2D eigenvalue weighted by Crippen LogP contribution is -2.40. The molecule has 0 fully saturated rings. The smallest absolute Gasteiger partial charge is 0.284 e. The third-order valence-electron chi connectivity index (χ3n) is 1.76. The molecule has 86 valence electrons. The zero-order chi connectivity index (χ0) is 12.1. The van der Waals surface area contributed by atoms with Crippen molar-refractivity contribution in [2.45, 2.75) is 17.9 Å². The van der Waals surface area contributed by atoms with E-state index in [1.165, 1.54) is 19.1 Å². The molecule has 0 aliphatic rings. The number of carboxylic acids is 1. The molecule has 0 spiro atoms. The molecule has 1 rings (SSSR count). The predicted molar refractivity (Wildman–Crippen MR) is 56.6 cm³/mol. The van der Waals surface area contributed by atoms with Gasteiger partial charge in [0.25, 0.3) is 5.69 Å². The number of nitrogens with one attached hydrogen (secondary N) is 1. The van der Waals surface area contributed by atoms with Crippen LogP contribution in [-0.4, -0.2) is 16.9 Å². The minimum atomic E-state index is -1.26. The van der Waals surface area contributed by atoms with Crippen LogP contribution in [0.5, 0.6) is 0 Å². The summed E-state index contributed by atoms with van der Waals surface area (Å²) in [6.45, 7) is 1.40. The van der Waals surface area contributed by atoms with Gasteiger partial charge in [-0.2, -0.15) is 0 Å². The van der Waals surface area contributed by atoms with E-state index in [9.17, 15) is 20.0 Å². The number of carboxylic acid groups (broad SMARTS) is 1. The third kappa shape index (κ3) is 3.21. The molecular formula is C9H9N2O4S-. The van der Waals surface area contributed by atoms with Gasteiger partial charge in [0.05, 0.1) is 16.9 Å². The second-order valence-electron chi connectivity index (χ2n) is 2.99. The lowest BCUT2D eigenvalue weighted by atomic mass is 10.3. The second kappa shape index (κ2) is 5.47. The van der Waals surface area contributed by atoms with E-state index in [2.05, 4.69) is 4.72 Å². The largest absolute Gasteiger partial charge is 0.548 e. The van der Waals surface area contributed by atoms with E-state index in [0.29, 0.717) is 4.90 Å². The number of benzene rings is 1. The summed E-state index contributed by atoms with van der Waals surface area (Å²) in [7, 11) is 0. The van der Waals surface area contributed by atoms with Crippen LogP contribution in [-0.2, 0) is 4.79 Å². The Morgan fingerprint density at radius 2 is 2.12 bits per heavy atom. The maximum Gasteiger partial charge on any atom is 0.284 e. The van der Waals surface area contributed by atoms with E-state index in [1.807, 2.05) is 0 Å². The number of nitro groups is 1. The molecule has 1 aromatic rings. The van der Waals surface area contributed by atoms with Gasteiger partial charge in [-0.25, -0.2) is 0 Å². The topological polar surface area (TPSA) is 95.3 Å². The Labute approximate surface area is 95.9 Å². The van der Waals surface area contributed by atoms with Crippen molar-refractivity contribution in [2.75, 3.05) is 0 Å². The van der Waals surface area contributed by atoms with E-state index < -0.39 is 16.9 Å². The van der Waals surface area contributed by atoms with Gasteiger partial charge in [-0.05, 0) is 24.9 Å². The molecule has 0 bridgehead atoms. The molecule has 0 amide bonds. The second-order valence-corrected chi connectivity index (χ2v) is 3.87. The maximum atomic E-state index is 10.6. The normalized spacial score (nSPS) is 12.1. The Morgan fingerprint density at radius 1 is 1.50 bits per heavy atom. The van der Waals surface area contributed by atoms with Crippen molar-refractivity contribution in [3.63, 3.8) is 0 Å². The quantitative estimate of drug-likeness (QED) is 0.453. The van der Waals surface area contributed by atoms with Crippen LogP contribution >= 0.6 is 11.9 Å². The van der Waals surface area contributed by atoms with Crippen LogP contribution in [0.25, 0.3) is 0 Å². The zero-order valence-corrected chi connectivity index (χ0v) is 9.19. The van der Waals surface area contributed by atoms with Crippen LogP contribution in [0.2, 0.25) is 0 Å². The highest BCUT2D eigenvalue weighted by Crippen LogP contribution is 2.26. The summed E-state index contributed by atoms with van der Waals surface area (Å²) < 4.78 is 2.54. The van der Waals surface area contributed by atoms with Gasteiger partial charge in [0.1, 0.15) is 4.90 Å². The SMILES string of the molecule is C[C@@H](NSc1ccccc1[N+](=O)[O-])C(=O)[O-]. The van der Waals surface area contributed by atoms with Gasteiger partial charge in [0.2, 0.25) is 0 Å². The highest BCUT2D eigenvalue weighted by Gasteiger charge is 2.13. The number of aliphatic carboxylic acids is 1. The van der Waals surface area contributed by atoms with E-state index >= 15 is 0 Å². The predicted octanol–water partition coefficient (Wildman–Crippen LogP) is 0.330. The highest BCUT2D eigenvalue weighted by atomic mass is 32.2. The number of para-hydroxylation sites is 1. The van der Waals surface area contributed by atoms with Gasteiger partial charge in [0, 0.05) is 6.07 Å². The molecule has 6 nitrogen and oxygen atoms in total. The molecule has 0 saturated carbocycles. The molecule has 0 aliphatic heterocycles. The van der Waals surface area contributed by atoms with Gasteiger partial charge in [-0.15, -0.1) is 0 Å². The fourth-order valence-corrected chi connectivity index (χ4v) is 1.69. The molecule has 1 aromatic carbocycles. The van der Waals surface area contributed by atoms with Crippen molar-refractivity contribution in [2.24, 2.45) is 0 Å². The Kier molecular flexibility index (Phi) is 4.27. The van der Waals surface area contributed by atoms with E-state index in [0.717, 1.165) is 11.9 Å². The lowest BCUT2D eigenvalue weighted by molar-refractivity contribution is -0.387. The van der Waals surface area contributed by atoms with Crippen LogP contribution in [0.4, 0.5) is 5.69 Å². The molecule has 1 atom stereocenters. The first-order valence-electron chi connectivity index (χ1n) is 4.39. The van der Waals surface area contributed by atoms with Crippen molar-refractivity contribution >= 4 is 23.6 Å². The van der Waals surface area contributed by atoms with Gasteiger partial charge in [-0.3, -0.25) is 14.8 Å². The molecule has 0 aliphatic carbocycles. The van der Waals surface area contributed by atoms with Crippen LogP contribution in [0.1, 0.15) is 6.92 Å². The zero-order valence-electron chi connectivity index (χ0n) is 8.38. The minimum absolute atomic E-state index is 0.0643. The molecule has 16 heavy (non-hydrogen) atoms. The molecule has 0 unspecified atom stereocenters. The molecule has 0 aromatic heterocycles. The number of hydrogen-bond acceptors (Lipinski definition) is 6. The fourth-order valence-electron chi connectivity index (χ4n) is 0.894. The van der Waals surface area contributed by atoms with Crippen LogP contribution < -0.4 is 9.83 Å². The van der Waals surface area contributed by atoms with Crippen molar-refractivity contribution in [3.05, 3.63) is 34.4 Å². The standard InChI is InChI=1S/C9H10N2O4S/c1-6(9(12)13)10-16-8-5-3-2-4-7(8)11(14)15/h2-6,10H,1H3,(H,12,13)/p-1/t6-/m1/s1. The van der Waals surface area contributed by atoms with E-state index in [1.54, 1.807) is 12.1 Å². The number of rotatable bonds is 5. The molecule has 0 saturated heterocycles. The van der Waals surface area contributed by atoms with Gasteiger partial charge in [-0.1, -0.05) is 12.1 Å². The Morgan fingerprint density at radius 3 is 2.69 bits per heavy atom. The summed E-state index contributed by atoms with van der Waals surface area (Å²) in [5.74, 6) is -1.26. The third-order valence-corrected chi connectivity index (χ3v) is 2.80. The van der Waals surface area contributed by atoms with Gasteiger partial charge < -0.3 is 9.90 Å². The monoisotopic (exact) mass is 241 g/mol. The molecule has 7 heteroatoms. The van der Waals surface area contributed by atoms with Gasteiger partial charge >= 0.3 is 0 Å². The number of nitro benzene ring substituents is 1. The molecular weight excluding hydrogens is 232 g/mol. The van der Waals surface area contributed by atoms with Crippen molar-refractivity contribution in [1.82, 2.24) is 4.72 Å². The van der Waals surface area contributed by atoms with E-state index in [-0.39, 0.29) is 5.69 Å². The number of carbonyl (C=O) groups is 1. The summed E-state index contributed by atoms with van der Waals surface area (Å²) in [6.07, 6.45) is 0. The molecule has 0 radical (unpaired) electrons. The summed E-state index contributed by atoms with van der Waals surface area (Å²) >= 11 is 0.899. The Balaban J connectivity index is 2.74. The first-order chi connectivity index (χ1) is 7.52. The van der Waals surface area contributed by atoms with Crippen molar-refractivity contribution < 1.29 is 14.8 Å². The van der Waals surface area contributed by atoms with Crippen molar-refractivity contribution in [3.8, 4) is 0 Å². The maximum absolute atomic E-state index is 10.6. The first-order valence-corrected chi connectivity index (χ1v) is 5.20. The summed E-state index contributed by atoms with van der Waals surface area (Å²) in [6, 6.07) is 5.20. The van der Waals surface area contributed by atoms with E-state index in [4.69, 9.17) is 0 Å². The molecule has 0 heterocycles. The summed E-state index contributed by atoms with van der Waals surface area (Å²) in [5, 5.41) is 21.1. The summed E-state index contributed by atoms with van der Waals surface area (Å²) in [5.41, 5.74) is -0.0643. The minimum Gasteiger partial charge on any atom is -0.548 e. The highest BCUT2D eigenvalue weighted by molar-refractivity contribution is 7.97. The average Bonchev–Trinajstić information content (AvgIpc) is 2.25. The lowest BCUT2D eigenvalue weighted by Gasteiger charge is -2.13. The van der Waals surface area contributed by atoms with Crippen LogP contribution in [0, 0.1) is 10.1 Å². The number of nitrogens with zero attached hydrogens (tertiary/aromatic N) is 1. The summed E-state index contributed by atoms with van der Waals surface area (Å²) in [4.78, 5) is 20.9. The first kappa shape index (κ1) is 12.5. The van der Waals surface area contributed by atoms with Gasteiger partial charge in [0.15, 0.2) is 0 Å². The number of hydrogen-bond donors (Lipinski definition) is 1.